The van der Waals surface area contributed by atoms with E-state index in [9.17, 15) is 4.79 Å². The third-order valence-electron chi connectivity index (χ3n) is 1.51. The fourth-order valence-corrected chi connectivity index (χ4v) is 0.918. The van der Waals surface area contributed by atoms with Crippen molar-refractivity contribution in [1.29, 1.82) is 0 Å². The van der Waals surface area contributed by atoms with Crippen molar-refractivity contribution in [3.8, 4) is 5.75 Å². The van der Waals surface area contributed by atoms with E-state index >= 15 is 0 Å². The number of carboxylic acid groups (broad SMARTS) is 1. The fraction of sp³-hybridized carbons (Fsp3) is 0.385. The van der Waals surface area contributed by atoms with Crippen LogP contribution in [0.25, 0.3) is 0 Å². The van der Waals surface area contributed by atoms with Crippen molar-refractivity contribution in [3.05, 3.63) is 35.7 Å². The van der Waals surface area contributed by atoms with Crippen LogP contribution < -0.4 is 23.6 Å². The standard InChI is InChI=1S/C9H10O3.C4H9.Li/c1-12-8-4-2-7(3-5-8)6-9(10)11;1-4(2)3;/h2-5H,6H2,1H3,(H,10,11);1-3H3;/q;-1;+1. The molecule has 1 rings (SSSR count). The molecule has 3 nitrogen and oxygen atoms in total. The molecule has 0 aliphatic rings. The van der Waals surface area contributed by atoms with Gasteiger partial charge in [-0.15, -0.1) is 0 Å². The second-order valence-corrected chi connectivity index (χ2v) is 3.92. The van der Waals surface area contributed by atoms with Crippen molar-refractivity contribution in [3.63, 3.8) is 0 Å². The van der Waals surface area contributed by atoms with Gasteiger partial charge in [0.05, 0.1) is 13.5 Å². The Balaban J connectivity index is 0. The maximum absolute atomic E-state index is 10.3. The number of hydrogen-bond acceptors (Lipinski definition) is 2. The van der Waals surface area contributed by atoms with Gasteiger partial charge < -0.3 is 15.8 Å². The van der Waals surface area contributed by atoms with Crippen molar-refractivity contribution < 1.29 is 33.5 Å². The molecule has 1 aromatic carbocycles. The summed E-state index contributed by atoms with van der Waals surface area (Å²) < 4.78 is 4.93. The van der Waals surface area contributed by atoms with Gasteiger partial charge in [0.15, 0.2) is 0 Å². The monoisotopic (exact) mass is 230 g/mol. The molecule has 0 aromatic heterocycles. The summed E-state index contributed by atoms with van der Waals surface area (Å²) in [5, 5.41) is 8.46. The molecular weight excluding hydrogens is 211 g/mol. The Morgan fingerprint density at radius 1 is 1.24 bits per heavy atom. The molecule has 0 aliphatic carbocycles. The van der Waals surface area contributed by atoms with E-state index in [0.717, 1.165) is 11.3 Å². The van der Waals surface area contributed by atoms with Gasteiger partial charge in [-0.3, -0.25) is 4.79 Å². The molecule has 0 saturated carbocycles. The van der Waals surface area contributed by atoms with Crippen molar-refractivity contribution in [2.24, 2.45) is 0 Å². The molecule has 1 N–H and O–H groups in total. The van der Waals surface area contributed by atoms with Gasteiger partial charge in [0, 0.05) is 0 Å². The first-order valence-corrected chi connectivity index (χ1v) is 5.07. The number of hydrogen-bond donors (Lipinski definition) is 1. The quantitative estimate of drug-likeness (QED) is 0.585. The third-order valence-corrected chi connectivity index (χ3v) is 1.51. The van der Waals surface area contributed by atoms with Crippen LogP contribution in [0.2, 0.25) is 0 Å². The summed E-state index contributed by atoms with van der Waals surface area (Å²) >= 11 is 0. The van der Waals surface area contributed by atoms with Crippen LogP contribution >= 0.6 is 0 Å². The van der Waals surface area contributed by atoms with Gasteiger partial charge >= 0.3 is 24.8 Å². The summed E-state index contributed by atoms with van der Waals surface area (Å²) in [6.45, 7) is 6.25. The molecule has 0 aliphatic heterocycles. The normalized spacial score (nSPS) is 8.76. The molecule has 90 valence electrons. The van der Waals surface area contributed by atoms with Crippen LogP contribution in [-0.4, -0.2) is 18.2 Å². The van der Waals surface area contributed by atoms with Crippen molar-refractivity contribution in [2.45, 2.75) is 27.2 Å². The van der Waals surface area contributed by atoms with E-state index in [0.29, 0.717) is 0 Å². The van der Waals surface area contributed by atoms with Gasteiger partial charge in [0.25, 0.3) is 0 Å². The average molecular weight is 230 g/mol. The van der Waals surface area contributed by atoms with Gasteiger partial charge in [-0.1, -0.05) is 12.1 Å². The van der Waals surface area contributed by atoms with Crippen LogP contribution in [0, 0.1) is 5.92 Å². The zero-order valence-corrected chi connectivity index (χ0v) is 11.3. The number of methoxy groups -OCH3 is 1. The number of carbonyl (C=O) groups is 1. The van der Waals surface area contributed by atoms with E-state index in [1.807, 2.05) is 0 Å². The molecular formula is C13H19LiO3. The molecule has 0 spiro atoms. The summed E-state index contributed by atoms with van der Waals surface area (Å²) in [7, 11) is 1.58. The molecule has 4 heteroatoms. The largest absolute Gasteiger partial charge is 1.00 e. The van der Waals surface area contributed by atoms with Crippen LogP contribution in [0.3, 0.4) is 0 Å². The summed E-state index contributed by atoms with van der Waals surface area (Å²) in [5.74, 6) is 1.34. The molecule has 17 heavy (non-hydrogen) atoms. The van der Waals surface area contributed by atoms with Crippen LogP contribution in [0.1, 0.15) is 26.3 Å². The minimum Gasteiger partial charge on any atom is -0.497 e. The second-order valence-electron chi connectivity index (χ2n) is 3.92. The maximum atomic E-state index is 10.3. The Bertz CT molecular complexity index is 304. The minimum atomic E-state index is -0.819. The number of rotatable bonds is 3. The molecule has 1 aromatic rings. The Morgan fingerprint density at radius 3 is 1.94 bits per heavy atom. The molecule has 0 saturated heterocycles. The molecule has 0 atom stereocenters. The van der Waals surface area contributed by atoms with Crippen molar-refractivity contribution >= 4 is 5.97 Å². The second kappa shape index (κ2) is 10.3. The first-order chi connectivity index (χ1) is 7.45. The Hall–Kier alpha value is -0.913. The van der Waals surface area contributed by atoms with E-state index in [4.69, 9.17) is 9.84 Å². The number of carboxylic acids is 1. The predicted molar refractivity (Wildman–Crippen MR) is 64.6 cm³/mol. The molecule has 0 heterocycles. The first kappa shape index (κ1) is 18.5. The molecule has 0 unspecified atom stereocenters. The zero-order chi connectivity index (χ0) is 12.6. The van der Waals surface area contributed by atoms with Crippen molar-refractivity contribution in [1.82, 2.24) is 0 Å². The summed E-state index contributed by atoms with van der Waals surface area (Å²) in [5.41, 5.74) is 0.781. The maximum Gasteiger partial charge on any atom is 1.00 e. The number of ether oxygens (including phenoxy) is 1. The minimum absolute atomic E-state index is 0. The molecule has 0 bridgehead atoms. The fourth-order valence-electron chi connectivity index (χ4n) is 0.918. The molecule has 0 fully saturated rings. The van der Waals surface area contributed by atoms with Gasteiger partial charge in [0.1, 0.15) is 5.75 Å². The summed E-state index contributed by atoms with van der Waals surface area (Å²) in [6.07, 6.45) is 0.0595. The SMILES string of the molecule is COc1ccc(CC(=O)O)cc1.C[C-](C)C.[Li+]. The van der Waals surface area contributed by atoms with E-state index in [-0.39, 0.29) is 25.3 Å². The third kappa shape index (κ3) is 11.4. The Kier molecular flexibility index (Phi) is 11.1. The van der Waals surface area contributed by atoms with Gasteiger partial charge in [0.2, 0.25) is 0 Å². The topological polar surface area (TPSA) is 46.5 Å². The number of benzene rings is 1. The first-order valence-electron chi connectivity index (χ1n) is 5.07. The van der Waals surface area contributed by atoms with E-state index < -0.39 is 5.97 Å². The van der Waals surface area contributed by atoms with Gasteiger partial charge in [-0.05, 0) is 17.7 Å². The van der Waals surface area contributed by atoms with Crippen LogP contribution in [0.15, 0.2) is 24.3 Å². The summed E-state index contributed by atoms with van der Waals surface area (Å²) in [4.78, 5) is 10.3. The summed E-state index contributed by atoms with van der Waals surface area (Å²) in [6, 6.07) is 6.98. The zero-order valence-electron chi connectivity index (χ0n) is 11.3. The Labute approximate surface area is 115 Å². The predicted octanol–water partition coefficient (Wildman–Crippen LogP) is -0.0531. The van der Waals surface area contributed by atoms with Crippen LogP contribution in [0.5, 0.6) is 5.75 Å². The molecule has 0 amide bonds. The van der Waals surface area contributed by atoms with E-state index in [2.05, 4.69) is 20.8 Å². The van der Waals surface area contributed by atoms with Crippen LogP contribution in [-0.2, 0) is 11.2 Å². The average Bonchev–Trinajstić information content (AvgIpc) is 2.17. The van der Waals surface area contributed by atoms with E-state index in [1.54, 1.807) is 31.4 Å². The number of aliphatic carboxylic acids is 1. The molecule has 0 radical (unpaired) electrons. The Morgan fingerprint density at radius 2 is 1.65 bits per heavy atom. The smallest absolute Gasteiger partial charge is 0.497 e. The van der Waals surface area contributed by atoms with Crippen molar-refractivity contribution in [2.75, 3.05) is 7.11 Å². The van der Waals surface area contributed by atoms with Gasteiger partial charge in [-0.25, -0.2) is 0 Å². The van der Waals surface area contributed by atoms with E-state index in [1.165, 1.54) is 5.92 Å². The van der Waals surface area contributed by atoms with Crippen LogP contribution in [0.4, 0.5) is 0 Å². The van der Waals surface area contributed by atoms with Gasteiger partial charge in [-0.2, -0.15) is 20.8 Å².